The molecule has 0 saturated heterocycles. The Balaban J connectivity index is 1.69. The first kappa shape index (κ1) is 35.6. The van der Waals surface area contributed by atoms with Crippen LogP contribution in [0.5, 0.6) is 5.75 Å². The fourth-order valence-corrected chi connectivity index (χ4v) is 7.41. The zero-order chi connectivity index (χ0) is 32.9. The van der Waals surface area contributed by atoms with E-state index in [1.807, 2.05) is 25.1 Å². The Labute approximate surface area is 272 Å². The van der Waals surface area contributed by atoms with Crippen molar-refractivity contribution < 1.29 is 32.0 Å². The molecule has 0 bridgehead atoms. The predicted octanol–water partition coefficient (Wildman–Crippen LogP) is 7.83. The average molecular weight is 671 g/mol. The van der Waals surface area contributed by atoms with Crippen molar-refractivity contribution in [2.75, 3.05) is 24.6 Å². The Hall–Kier alpha value is -2.30. The van der Waals surface area contributed by atoms with Gasteiger partial charge in [0.15, 0.2) is 6.10 Å². The molecular weight excluding hydrogens is 625 g/mol. The summed E-state index contributed by atoms with van der Waals surface area (Å²) in [5, 5.41) is 10.8. The Bertz CT molecular complexity index is 1340. The van der Waals surface area contributed by atoms with Crippen molar-refractivity contribution >= 4 is 34.2 Å². The summed E-state index contributed by atoms with van der Waals surface area (Å²) in [5.41, 5.74) is 3.25. The van der Waals surface area contributed by atoms with Crippen molar-refractivity contribution in [3.05, 3.63) is 58.1 Å². The van der Waals surface area contributed by atoms with E-state index in [4.69, 9.17) is 16.3 Å². The van der Waals surface area contributed by atoms with Gasteiger partial charge in [-0.25, -0.2) is 4.21 Å². The summed E-state index contributed by atoms with van der Waals surface area (Å²) in [6.45, 7) is 8.93. The molecule has 0 aromatic heterocycles. The topological polar surface area (TPSA) is 78.9 Å². The number of nitrogens with one attached hydrogen (secondary N) is 1. The van der Waals surface area contributed by atoms with Gasteiger partial charge in [-0.15, -0.1) is 0 Å². The second-order valence-electron chi connectivity index (χ2n) is 12.8. The van der Waals surface area contributed by atoms with E-state index in [1.54, 1.807) is 32.0 Å². The minimum Gasteiger partial charge on any atom is -0.491 e. The van der Waals surface area contributed by atoms with E-state index in [2.05, 4.69) is 16.5 Å². The highest BCUT2D eigenvalue weighted by Crippen LogP contribution is 2.47. The third-order valence-electron chi connectivity index (χ3n) is 9.24. The highest BCUT2D eigenvalue weighted by molar-refractivity contribution is 7.84. The number of nitrogens with zero attached hydrogens (tertiary/aromatic N) is 1. The predicted molar refractivity (Wildman–Crippen MR) is 174 cm³/mol. The number of hydrogen-bond acceptors (Lipinski definition) is 5. The maximum atomic E-state index is 13.8. The zero-order valence-corrected chi connectivity index (χ0v) is 28.1. The van der Waals surface area contributed by atoms with Crippen LogP contribution in [0.4, 0.5) is 18.9 Å². The molecule has 1 heterocycles. The van der Waals surface area contributed by atoms with Gasteiger partial charge in [0.2, 0.25) is 0 Å². The number of hydrogen-bond donors (Lipinski definition) is 2. The molecule has 1 aliphatic carbocycles. The number of amides is 1. The van der Waals surface area contributed by atoms with Gasteiger partial charge in [0, 0.05) is 34.8 Å². The normalized spacial score (nSPS) is 22.1. The number of alkyl halides is 3. The third kappa shape index (κ3) is 8.74. The standard InChI is InChI=1S/C34H46ClF3N2O4S/c1-5-7-9-29(32(41)34(36,37)38)28-13-10-24(28)18-40-19-25(27-14-12-26(35)16-22(27)8-6-2)20-44-31-15-11-23(17-30(31)40)33(42)39-45(43)21(3)4/h11-12,14-17,21,24-25,28-29,32,41H,5-10,13,18-20H2,1-4H3,(H,39,42). The molecule has 6 nitrogen and oxygen atoms in total. The van der Waals surface area contributed by atoms with E-state index in [0.29, 0.717) is 61.0 Å². The fraction of sp³-hybridized carbons (Fsp3) is 0.618. The van der Waals surface area contributed by atoms with Gasteiger partial charge >= 0.3 is 6.18 Å². The van der Waals surface area contributed by atoms with Crippen molar-refractivity contribution in [1.29, 1.82) is 0 Å². The van der Waals surface area contributed by atoms with Gasteiger partial charge in [-0.2, -0.15) is 13.2 Å². The molecule has 2 aromatic carbocycles. The second kappa shape index (κ2) is 15.5. The molecule has 45 heavy (non-hydrogen) atoms. The first-order chi connectivity index (χ1) is 21.3. The van der Waals surface area contributed by atoms with Crippen LogP contribution < -0.4 is 14.4 Å². The Kier molecular flexibility index (Phi) is 12.3. The summed E-state index contributed by atoms with van der Waals surface area (Å²) < 4.78 is 62.6. The number of ether oxygens (including phenoxy) is 1. The highest BCUT2D eigenvalue weighted by Gasteiger charge is 2.50. The van der Waals surface area contributed by atoms with Crippen LogP contribution in [0, 0.1) is 17.8 Å². The molecule has 250 valence electrons. The van der Waals surface area contributed by atoms with Crippen LogP contribution in [0.2, 0.25) is 5.02 Å². The van der Waals surface area contributed by atoms with Gasteiger partial charge in [-0.05, 0) is 98.7 Å². The number of unbranched alkanes of at least 4 members (excludes halogenated alkanes) is 1. The monoisotopic (exact) mass is 670 g/mol. The van der Waals surface area contributed by atoms with Crippen LogP contribution >= 0.6 is 11.6 Å². The molecule has 6 unspecified atom stereocenters. The zero-order valence-electron chi connectivity index (χ0n) is 26.5. The van der Waals surface area contributed by atoms with Crippen LogP contribution in [0.3, 0.4) is 0 Å². The summed E-state index contributed by atoms with van der Waals surface area (Å²) in [6.07, 6.45) is -2.16. The maximum Gasteiger partial charge on any atom is 0.414 e. The van der Waals surface area contributed by atoms with Gasteiger partial charge in [0.25, 0.3) is 5.91 Å². The summed E-state index contributed by atoms with van der Waals surface area (Å²) >= 11 is 6.36. The lowest BCUT2D eigenvalue weighted by Gasteiger charge is -2.46. The summed E-state index contributed by atoms with van der Waals surface area (Å²) in [5.74, 6) is -1.15. The lowest BCUT2D eigenvalue weighted by molar-refractivity contribution is -0.231. The molecule has 2 aromatic rings. The van der Waals surface area contributed by atoms with Gasteiger partial charge in [0.05, 0.1) is 12.3 Å². The molecule has 1 fully saturated rings. The SMILES string of the molecule is CCCCC(C1CCC1CN1CC(c2ccc(Cl)cc2CCC)COc2ccc(C(=O)NS(=O)C(C)C)cc21)C(O)C(F)(F)F. The molecule has 0 spiro atoms. The van der Waals surface area contributed by atoms with Crippen LogP contribution in [0.25, 0.3) is 0 Å². The molecular formula is C34H46ClF3N2O4S. The van der Waals surface area contributed by atoms with Gasteiger partial charge in [-0.3, -0.25) is 9.52 Å². The van der Waals surface area contributed by atoms with Crippen LogP contribution in [-0.2, 0) is 17.4 Å². The number of aryl methyl sites for hydroxylation is 1. The van der Waals surface area contributed by atoms with E-state index >= 15 is 0 Å². The van der Waals surface area contributed by atoms with E-state index in [1.165, 1.54) is 0 Å². The molecule has 0 radical (unpaired) electrons. The largest absolute Gasteiger partial charge is 0.491 e. The van der Waals surface area contributed by atoms with Crippen LogP contribution in [0.1, 0.15) is 93.6 Å². The summed E-state index contributed by atoms with van der Waals surface area (Å²) in [4.78, 5) is 15.2. The van der Waals surface area contributed by atoms with Crippen molar-refractivity contribution in [2.45, 2.75) is 96.1 Å². The van der Waals surface area contributed by atoms with E-state index in [0.717, 1.165) is 36.8 Å². The minimum absolute atomic E-state index is 0.0582. The lowest BCUT2D eigenvalue weighted by Crippen LogP contribution is -2.48. The number of benzene rings is 2. The van der Waals surface area contributed by atoms with Crippen molar-refractivity contribution in [1.82, 2.24) is 4.72 Å². The summed E-state index contributed by atoms with van der Waals surface area (Å²) in [7, 11) is -1.55. The highest BCUT2D eigenvalue weighted by atomic mass is 35.5. The molecule has 4 rings (SSSR count). The first-order valence-electron chi connectivity index (χ1n) is 16.1. The van der Waals surface area contributed by atoms with E-state index < -0.39 is 35.1 Å². The number of halogens is 4. The molecule has 1 amide bonds. The molecule has 1 saturated carbocycles. The van der Waals surface area contributed by atoms with Gasteiger partial charge < -0.3 is 14.7 Å². The number of anilines is 1. The van der Waals surface area contributed by atoms with Gasteiger partial charge in [-0.1, -0.05) is 50.8 Å². The molecule has 2 N–H and O–H groups in total. The van der Waals surface area contributed by atoms with Crippen LogP contribution in [0.15, 0.2) is 36.4 Å². The van der Waals surface area contributed by atoms with Gasteiger partial charge in [0.1, 0.15) is 16.7 Å². The fourth-order valence-electron chi connectivity index (χ4n) is 6.68. The third-order valence-corrected chi connectivity index (χ3v) is 10.7. The average Bonchev–Trinajstić information content (AvgIpc) is 3.15. The number of fused-ring (bicyclic) bond motifs is 1. The minimum atomic E-state index is -4.67. The smallest absolute Gasteiger partial charge is 0.414 e. The van der Waals surface area contributed by atoms with Crippen LogP contribution in [-0.4, -0.2) is 52.4 Å². The maximum absolute atomic E-state index is 13.8. The Morgan fingerprint density at radius 1 is 1.16 bits per heavy atom. The number of carbonyl (C=O) groups excluding carboxylic acids is 1. The number of aliphatic hydroxyl groups is 1. The number of aliphatic hydroxyl groups excluding tert-OH is 1. The Morgan fingerprint density at radius 2 is 1.91 bits per heavy atom. The quantitative estimate of drug-likeness (QED) is 0.227. The van der Waals surface area contributed by atoms with E-state index in [9.17, 15) is 27.3 Å². The molecule has 2 aliphatic rings. The number of carbonyl (C=O) groups is 1. The number of rotatable bonds is 13. The molecule has 1 aliphatic heterocycles. The Morgan fingerprint density at radius 3 is 2.53 bits per heavy atom. The first-order valence-corrected chi connectivity index (χ1v) is 17.7. The van der Waals surface area contributed by atoms with Crippen molar-refractivity contribution in [3.63, 3.8) is 0 Å². The van der Waals surface area contributed by atoms with Crippen molar-refractivity contribution in [3.8, 4) is 5.75 Å². The second-order valence-corrected chi connectivity index (χ2v) is 14.9. The molecule has 6 atom stereocenters. The van der Waals surface area contributed by atoms with Crippen molar-refractivity contribution in [2.24, 2.45) is 17.8 Å². The van der Waals surface area contributed by atoms with E-state index in [-0.39, 0.29) is 23.0 Å². The summed E-state index contributed by atoms with van der Waals surface area (Å²) in [6, 6.07) is 11.0. The lowest BCUT2D eigenvalue weighted by atomic mass is 9.64. The molecule has 11 heteroatoms.